The quantitative estimate of drug-likeness (QED) is 0.775. The fourth-order valence-corrected chi connectivity index (χ4v) is 2.33. The Bertz CT molecular complexity index is 496. The van der Waals surface area contributed by atoms with Crippen LogP contribution in [-0.4, -0.2) is 18.3 Å². The zero-order valence-electron chi connectivity index (χ0n) is 8.99. The molecular weight excluding hydrogens is 259 g/mol. The number of anilines is 1. The Balaban J connectivity index is 2.35. The molecule has 0 bridgehead atoms. The number of carbonyl (C=O) groups excluding carboxylic acids is 1. The summed E-state index contributed by atoms with van der Waals surface area (Å²) in [7, 11) is 0. The Morgan fingerprint density at radius 3 is 2.88 bits per heavy atom. The summed E-state index contributed by atoms with van der Waals surface area (Å²) >= 11 is 11.6. The van der Waals surface area contributed by atoms with E-state index in [2.05, 4.69) is 6.07 Å². The van der Waals surface area contributed by atoms with Crippen LogP contribution in [0.3, 0.4) is 0 Å². The lowest BCUT2D eigenvalue weighted by molar-refractivity contribution is -0.117. The van der Waals surface area contributed by atoms with E-state index >= 15 is 0 Å². The van der Waals surface area contributed by atoms with Crippen LogP contribution in [-0.2, 0) is 4.79 Å². The van der Waals surface area contributed by atoms with Crippen molar-refractivity contribution in [1.82, 2.24) is 0 Å². The van der Waals surface area contributed by atoms with Gasteiger partial charge in [-0.2, -0.15) is 5.26 Å². The summed E-state index contributed by atoms with van der Waals surface area (Å²) in [4.78, 5) is 13.4. The summed E-state index contributed by atoms with van der Waals surface area (Å²) in [6.07, 6.45) is 0.441. The van der Waals surface area contributed by atoms with Gasteiger partial charge in [0.1, 0.15) is 6.07 Å². The third-order valence-electron chi connectivity index (χ3n) is 2.79. The molecule has 1 aromatic rings. The second kappa shape index (κ2) is 4.95. The fourth-order valence-electron chi connectivity index (χ4n) is 1.95. The molecule has 1 aromatic carbocycles. The van der Waals surface area contributed by atoms with Crippen LogP contribution < -0.4 is 4.90 Å². The van der Waals surface area contributed by atoms with Gasteiger partial charge >= 0.3 is 0 Å². The second-order valence-corrected chi connectivity index (χ2v) is 4.75. The molecular formula is C12H10Cl2N2O. The molecule has 1 aliphatic rings. The molecule has 0 N–H and O–H groups in total. The van der Waals surface area contributed by atoms with Gasteiger partial charge in [-0.05, 0) is 24.1 Å². The number of benzene rings is 1. The first-order valence-corrected chi connectivity index (χ1v) is 6.13. The van der Waals surface area contributed by atoms with Crippen molar-refractivity contribution in [3.05, 3.63) is 28.8 Å². The molecule has 1 unspecified atom stereocenters. The van der Waals surface area contributed by atoms with E-state index < -0.39 is 0 Å². The molecule has 5 heteroatoms. The largest absolute Gasteiger partial charge is 0.311 e. The molecule has 1 saturated heterocycles. The van der Waals surface area contributed by atoms with Gasteiger partial charge in [-0.1, -0.05) is 11.6 Å². The maximum Gasteiger partial charge on any atom is 0.227 e. The monoisotopic (exact) mass is 268 g/mol. The Kier molecular flexibility index (Phi) is 3.56. The third-order valence-corrected chi connectivity index (χ3v) is 3.46. The van der Waals surface area contributed by atoms with Crippen molar-refractivity contribution < 1.29 is 4.79 Å². The molecule has 0 spiro atoms. The highest BCUT2D eigenvalue weighted by Gasteiger charge is 2.31. The molecule has 0 aromatic heterocycles. The average Bonchev–Trinajstić information content (AvgIpc) is 2.70. The normalized spacial score (nSPS) is 19.5. The van der Waals surface area contributed by atoms with Gasteiger partial charge in [-0.15, -0.1) is 11.6 Å². The van der Waals surface area contributed by atoms with Crippen molar-refractivity contribution in [2.45, 2.75) is 6.42 Å². The van der Waals surface area contributed by atoms with E-state index in [1.165, 1.54) is 0 Å². The number of alkyl halides is 1. The highest BCUT2D eigenvalue weighted by molar-refractivity contribution is 6.30. The second-order valence-electron chi connectivity index (χ2n) is 4.00. The van der Waals surface area contributed by atoms with Gasteiger partial charge in [0.15, 0.2) is 0 Å². The maximum atomic E-state index is 11.8. The lowest BCUT2D eigenvalue weighted by atomic mass is 10.1. The predicted octanol–water partition coefficient (Wildman–Crippen LogP) is 2.80. The minimum absolute atomic E-state index is 0.00877. The number of hydrogen-bond acceptors (Lipinski definition) is 2. The summed E-state index contributed by atoms with van der Waals surface area (Å²) in [5.74, 6) is 0.624. The van der Waals surface area contributed by atoms with Gasteiger partial charge in [0, 0.05) is 23.9 Å². The fraction of sp³-hybridized carbons (Fsp3) is 0.333. The number of hydrogen-bond donors (Lipinski definition) is 0. The van der Waals surface area contributed by atoms with Crippen LogP contribution in [0.1, 0.15) is 12.0 Å². The number of amides is 1. The Labute approximate surface area is 110 Å². The molecule has 1 amide bonds. The van der Waals surface area contributed by atoms with Crippen LogP contribution in [0, 0.1) is 17.2 Å². The average molecular weight is 269 g/mol. The van der Waals surface area contributed by atoms with Gasteiger partial charge in [-0.25, -0.2) is 0 Å². The van der Waals surface area contributed by atoms with Gasteiger partial charge in [-0.3, -0.25) is 4.79 Å². The molecule has 3 nitrogen and oxygen atoms in total. The van der Waals surface area contributed by atoms with E-state index in [0.717, 1.165) is 0 Å². The SMILES string of the molecule is N#Cc1cc(Cl)ccc1N1CC(CCl)CC1=O. The molecule has 1 aliphatic heterocycles. The molecule has 0 saturated carbocycles. The van der Waals surface area contributed by atoms with Crippen LogP contribution >= 0.6 is 23.2 Å². The summed E-state index contributed by atoms with van der Waals surface area (Å²) in [5, 5.41) is 9.53. The lowest BCUT2D eigenvalue weighted by Gasteiger charge is -2.17. The van der Waals surface area contributed by atoms with E-state index in [-0.39, 0.29) is 11.8 Å². The third kappa shape index (κ3) is 2.38. The van der Waals surface area contributed by atoms with Crippen molar-refractivity contribution in [1.29, 1.82) is 5.26 Å². The van der Waals surface area contributed by atoms with Crippen molar-refractivity contribution in [2.75, 3.05) is 17.3 Å². The molecule has 0 radical (unpaired) electrons. The molecule has 2 rings (SSSR count). The van der Waals surface area contributed by atoms with E-state index in [0.29, 0.717) is 35.1 Å². The highest BCUT2D eigenvalue weighted by atomic mass is 35.5. The predicted molar refractivity (Wildman–Crippen MR) is 67.3 cm³/mol. The molecule has 0 aliphatic carbocycles. The summed E-state index contributed by atoms with van der Waals surface area (Å²) in [6.45, 7) is 0.568. The number of carbonyl (C=O) groups is 1. The number of halogens is 2. The van der Waals surface area contributed by atoms with E-state index in [1.807, 2.05) is 0 Å². The van der Waals surface area contributed by atoms with E-state index in [9.17, 15) is 4.79 Å². The topological polar surface area (TPSA) is 44.1 Å². The molecule has 88 valence electrons. The van der Waals surface area contributed by atoms with Gasteiger partial charge < -0.3 is 4.90 Å². The maximum absolute atomic E-state index is 11.8. The van der Waals surface area contributed by atoms with Crippen molar-refractivity contribution in [3.63, 3.8) is 0 Å². The Morgan fingerprint density at radius 2 is 2.29 bits per heavy atom. The number of nitrogens with zero attached hydrogens (tertiary/aromatic N) is 2. The molecule has 1 heterocycles. The first kappa shape index (κ1) is 12.2. The first-order valence-electron chi connectivity index (χ1n) is 5.21. The zero-order chi connectivity index (χ0) is 12.4. The molecule has 1 fully saturated rings. The minimum Gasteiger partial charge on any atom is -0.311 e. The van der Waals surface area contributed by atoms with Crippen LogP contribution in [0.5, 0.6) is 0 Å². The lowest BCUT2D eigenvalue weighted by Crippen LogP contribution is -2.25. The van der Waals surface area contributed by atoms with Crippen LogP contribution in [0.2, 0.25) is 5.02 Å². The van der Waals surface area contributed by atoms with E-state index in [4.69, 9.17) is 28.5 Å². The minimum atomic E-state index is 0.00877. The molecule has 1 atom stereocenters. The summed E-state index contributed by atoms with van der Waals surface area (Å²) < 4.78 is 0. The van der Waals surface area contributed by atoms with Crippen LogP contribution in [0.4, 0.5) is 5.69 Å². The van der Waals surface area contributed by atoms with Crippen LogP contribution in [0.25, 0.3) is 0 Å². The smallest absolute Gasteiger partial charge is 0.227 e. The van der Waals surface area contributed by atoms with Crippen molar-refractivity contribution in [2.24, 2.45) is 5.92 Å². The van der Waals surface area contributed by atoms with E-state index in [1.54, 1.807) is 23.1 Å². The summed E-state index contributed by atoms with van der Waals surface area (Å²) in [6, 6.07) is 7.01. The van der Waals surface area contributed by atoms with Gasteiger partial charge in [0.2, 0.25) is 5.91 Å². The number of nitriles is 1. The number of rotatable bonds is 2. The van der Waals surface area contributed by atoms with Crippen LogP contribution in [0.15, 0.2) is 18.2 Å². The van der Waals surface area contributed by atoms with Crippen molar-refractivity contribution in [3.8, 4) is 6.07 Å². The standard InChI is InChI=1S/C12H10Cl2N2O/c13-5-8-3-12(17)16(7-8)11-2-1-10(14)4-9(11)6-15/h1-2,4,8H,3,5,7H2. The molecule has 17 heavy (non-hydrogen) atoms. The van der Waals surface area contributed by atoms with Gasteiger partial charge in [0.25, 0.3) is 0 Å². The first-order chi connectivity index (χ1) is 8.15. The van der Waals surface area contributed by atoms with Gasteiger partial charge in [0.05, 0.1) is 11.3 Å². The van der Waals surface area contributed by atoms with Crippen molar-refractivity contribution >= 4 is 34.8 Å². The summed E-state index contributed by atoms with van der Waals surface area (Å²) in [5.41, 5.74) is 1.04. The zero-order valence-corrected chi connectivity index (χ0v) is 10.5. The Hall–Kier alpha value is -1.24. The highest BCUT2D eigenvalue weighted by Crippen LogP contribution is 2.29. The Morgan fingerprint density at radius 1 is 1.53 bits per heavy atom.